The Kier molecular flexibility index (Phi) is 2.86. The van der Waals surface area contributed by atoms with E-state index in [9.17, 15) is 4.39 Å². The first kappa shape index (κ1) is 10.4. The maximum absolute atomic E-state index is 12.7. The summed E-state index contributed by atoms with van der Waals surface area (Å²) in [6.45, 7) is 2.05. The first-order chi connectivity index (χ1) is 7.22. The normalized spacial score (nSPS) is 10.6. The van der Waals surface area contributed by atoms with E-state index >= 15 is 0 Å². The van der Waals surface area contributed by atoms with Crippen LogP contribution < -0.4 is 0 Å². The maximum atomic E-state index is 12.7. The molecule has 0 saturated carbocycles. The molecule has 1 aromatic heterocycles. The summed E-state index contributed by atoms with van der Waals surface area (Å²) >= 11 is 3.48. The first-order valence-corrected chi connectivity index (χ1v) is 5.50. The van der Waals surface area contributed by atoms with Gasteiger partial charge in [0, 0.05) is 11.3 Å². The lowest BCUT2D eigenvalue weighted by Gasteiger charge is -1.97. The Labute approximate surface area is 95.6 Å². The highest BCUT2D eigenvalue weighted by atomic mass is 79.9. The molecule has 0 saturated heterocycles. The number of hydrogen-bond donors (Lipinski definition) is 1. The Bertz CT molecular complexity index is 462. The molecular weight excluding hydrogens is 259 g/mol. The fourth-order valence-electron chi connectivity index (χ4n) is 1.40. The second-order valence-corrected chi connectivity index (χ2v) is 4.02. The minimum atomic E-state index is -0.235. The van der Waals surface area contributed by atoms with Gasteiger partial charge in [0.25, 0.3) is 0 Å². The molecule has 2 rings (SSSR count). The minimum absolute atomic E-state index is 0.235. The van der Waals surface area contributed by atoms with E-state index in [4.69, 9.17) is 0 Å². The number of H-pyrrole nitrogens is 1. The standard InChI is InChI=1S/C11H10BrFN2/c1-2-9-10(12)11(15-14-9)7-3-5-8(13)6-4-7/h3-6H,2H2,1H3,(H,14,15). The molecule has 0 bridgehead atoms. The summed E-state index contributed by atoms with van der Waals surface area (Å²) in [6.07, 6.45) is 0.884. The predicted molar refractivity (Wildman–Crippen MR) is 61.1 cm³/mol. The van der Waals surface area contributed by atoms with Crippen molar-refractivity contribution in [2.24, 2.45) is 0 Å². The van der Waals surface area contributed by atoms with Crippen molar-refractivity contribution in [2.75, 3.05) is 0 Å². The van der Waals surface area contributed by atoms with Crippen LogP contribution in [-0.2, 0) is 6.42 Å². The summed E-state index contributed by atoms with van der Waals surface area (Å²) in [5.74, 6) is -0.235. The Balaban J connectivity index is 2.45. The number of hydrogen-bond acceptors (Lipinski definition) is 1. The molecule has 1 aromatic carbocycles. The number of aromatic nitrogens is 2. The van der Waals surface area contributed by atoms with E-state index < -0.39 is 0 Å². The average molecular weight is 269 g/mol. The largest absolute Gasteiger partial charge is 0.281 e. The van der Waals surface area contributed by atoms with E-state index in [0.29, 0.717) is 0 Å². The molecule has 78 valence electrons. The summed E-state index contributed by atoms with van der Waals surface area (Å²) in [6, 6.07) is 6.30. The second kappa shape index (κ2) is 4.14. The summed E-state index contributed by atoms with van der Waals surface area (Å²) in [5, 5.41) is 7.14. The molecule has 0 spiro atoms. The van der Waals surface area contributed by atoms with Gasteiger partial charge in [0.15, 0.2) is 0 Å². The second-order valence-electron chi connectivity index (χ2n) is 3.23. The summed E-state index contributed by atoms with van der Waals surface area (Å²) in [7, 11) is 0. The Morgan fingerprint density at radius 2 is 2.00 bits per heavy atom. The Morgan fingerprint density at radius 3 is 2.53 bits per heavy atom. The molecule has 1 N–H and O–H groups in total. The molecule has 0 unspecified atom stereocenters. The molecule has 0 fully saturated rings. The van der Waals surface area contributed by atoms with Crippen LogP contribution in [-0.4, -0.2) is 10.2 Å². The van der Waals surface area contributed by atoms with E-state index in [2.05, 4.69) is 26.1 Å². The van der Waals surface area contributed by atoms with Crippen molar-refractivity contribution >= 4 is 15.9 Å². The van der Waals surface area contributed by atoms with Crippen molar-refractivity contribution in [3.05, 3.63) is 40.2 Å². The number of nitrogens with zero attached hydrogens (tertiary/aromatic N) is 1. The minimum Gasteiger partial charge on any atom is -0.281 e. The molecule has 0 atom stereocenters. The zero-order valence-electron chi connectivity index (χ0n) is 8.22. The van der Waals surface area contributed by atoms with Crippen LogP contribution >= 0.6 is 15.9 Å². The molecule has 0 aliphatic heterocycles. The quantitative estimate of drug-likeness (QED) is 0.887. The number of nitrogens with one attached hydrogen (secondary N) is 1. The summed E-state index contributed by atoms with van der Waals surface area (Å²) in [4.78, 5) is 0. The highest BCUT2D eigenvalue weighted by molar-refractivity contribution is 9.10. The summed E-state index contributed by atoms with van der Waals surface area (Å²) < 4.78 is 13.7. The molecule has 0 amide bonds. The van der Waals surface area contributed by atoms with Crippen molar-refractivity contribution in [2.45, 2.75) is 13.3 Å². The van der Waals surface area contributed by atoms with E-state index in [1.807, 2.05) is 6.92 Å². The Morgan fingerprint density at radius 1 is 1.33 bits per heavy atom. The fourth-order valence-corrected chi connectivity index (χ4v) is 2.08. The van der Waals surface area contributed by atoms with Gasteiger partial charge in [-0.3, -0.25) is 5.10 Å². The van der Waals surface area contributed by atoms with Crippen LogP contribution in [0.4, 0.5) is 4.39 Å². The maximum Gasteiger partial charge on any atom is 0.123 e. The number of halogens is 2. The van der Waals surface area contributed by atoms with Gasteiger partial charge in [0.2, 0.25) is 0 Å². The molecule has 1 heterocycles. The third-order valence-corrected chi connectivity index (χ3v) is 3.10. The van der Waals surface area contributed by atoms with Gasteiger partial charge in [-0.1, -0.05) is 6.92 Å². The number of aromatic amines is 1. The molecule has 2 nitrogen and oxygen atoms in total. The summed E-state index contributed by atoms with van der Waals surface area (Å²) in [5.41, 5.74) is 2.78. The molecule has 2 aromatic rings. The lowest BCUT2D eigenvalue weighted by atomic mass is 10.1. The van der Waals surface area contributed by atoms with Gasteiger partial charge >= 0.3 is 0 Å². The van der Waals surface area contributed by atoms with E-state index in [1.165, 1.54) is 12.1 Å². The van der Waals surface area contributed by atoms with E-state index in [0.717, 1.165) is 27.8 Å². The predicted octanol–water partition coefficient (Wildman–Crippen LogP) is 3.54. The number of benzene rings is 1. The van der Waals surface area contributed by atoms with E-state index in [-0.39, 0.29) is 5.82 Å². The van der Waals surface area contributed by atoms with Crippen LogP contribution in [0.1, 0.15) is 12.6 Å². The highest BCUT2D eigenvalue weighted by Gasteiger charge is 2.10. The molecular formula is C11H10BrFN2. The molecule has 0 radical (unpaired) electrons. The third kappa shape index (κ3) is 1.95. The highest BCUT2D eigenvalue weighted by Crippen LogP contribution is 2.28. The molecule has 0 aliphatic rings. The fraction of sp³-hybridized carbons (Fsp3) is 0.182. The van der Waals surface area contributed by atoms with Crippen molar-refractivity contribution in [1.82, 2.24) is 10.2 Å². The van der Waals surface area contributed by atoms with Gasteiger partial charge in [-0.15, -0.1) is 0 Å². The smallest absolute Gasteiger partial charge is 0.123 e. The van der Waals surface area contributed by atoms with Crippen molar-refractivity contribution in [3.8, 4) is 11.3 Å². The van der Waals surface area contributed by atoms with Crippen LogP contribution in [0.25, 0.3) is 11.3 Å². The number of aryl methyl sites for hydroxylation is 1. The van der Waals surface area contributed by atoms with Crippen LogP contribution in [0.15, 0.2) is 28.7 Å². The first-order valence-electron chi connectivity index (χ1n) is 4.71. The number of rotatable bonds is 2. The van der Waals surface area contributed by atoms with Gasteiger partial charge < -0.3 is 0 Å². The average Bonchev–Trinajstić information content (AvgIpc) is 2.61. The lowest BCUT2D eigenvalue weighted by Crippen LogP contribution is -1.80. The van der Waals surface area contributed by atoms with Crippen LogP contribution in [0.3, 0.4) is 0 Å². The van der Waals surface area contributed by atoms with Crippen molar-refractivity contribution in [3.63, 3.8) is 0 Å². The van der Waals surface area contributed by atoms with Crippen molar-refractivity contribution in [1.29, 1.82) is 0 Å². The lowest BCUT2D eigenvalue weighted by molar-refractivity contribution is 0.628. The molecule has 0 aliphatic carbocycles. The monoisotopic (exact) mass is 268 g/mol. The van der Waals surface area contributed by atoms with Crippen molar-refractivity contribution < 1.29 is 4.39 Å². The van der Waals surface area contributed by atoms with Gasteiger partial charge in [0.05, 0.1) is 4.47 Å². The Hall–Kier alpha value is -1.16. The van der Waals surface area contributed by atoms with Gasteiger partial charge in [-0.2, -0.15) is 5.10 Å². The zero-order valence-corrected chi connectivity index (χ0v) is 9.81. The van der Waals surface area contributed by atoms with Gasteiger partial charge in [0.1, 0.15) is 11.5 Å². The van der Waals surface area contributed by atoms with Crippen LogP contribution in [0.5, 0.6) is 0 Å². The zero-order chi connectivity index (χ0) is 10.8. The van der Waals surface area contributed by atoms with Crippen LogP contribution in [0, 0.1) is 5.82 Å². The molecule has 15 heavy (non-hydrogen) atoms. The molecule has 4 heteroatoms. The topological polar surface area (TPSA) is 28.7 Å². The van der Waals surface area contributed by atoms with E-state index in [1.54, 1.807) is 12.1 Å². The van der Waals surface area contributed by atoms with Gasteiger partial charge in [-0.05, 0) is 46.6 Å². The van der Waals surface area contributed by atoms with Crippen LogP contribution in [0.2, 0.25) is 0 Å². The SMILES string of the molecule is CCc1[nH]nc(-c2ccc(F)cc2)c1Br. The van der Waals surface area contributed by atoms with Gasteiger partial charge in [-0.25, -0.2) is 4.39 Å². The third-order valence-electron chi connectivity index (χ3n) is 2.25.